The molecule has 0 aliphatic carbocycles. The lowest BCUT2D eigenvalue weighted by molar-refractivity contribution is 0.0697. The molecule has 162 valence electrons. The predicted molar refractivity (Wildman–Crippen MR) is 122 cm³/mol. The number of nitrogens with one attached hydrogen (secondary N) is 1. The number of hydrogen-bond donors (Lipinski definition) is 2. The first-order valence-corrected chi connectivity index (χ1v) is 10.5. The van der Waals surface area contributed by atoms with Crippen LogP contribution in [0.1, 0.15) is 27.0 Å². The van der Waals surface area contributed by atoms with E-state index in [1.165, 1.54) is 12.1 Å². The van der Waals surface area contributed by atoms with Crippen molar-refractivity contribution < 1.29 is 23.8 Å². The third kappa shape index (κ3) is 5.68. The Morgan fingerprint density at radius 2 is 1.90 bits per heavy atom. The van der Waals surface area contributed by atoms with E-state index >= 15 is 0 Å². The molecular formula is C23H20BrClFNO4. The van der Waals surface area contributed by atoms with Crippen molar-refractivity contribution in [2.75, 3.05) is 12.4 Å². The molecule has 3 rings (SSSR count). The summed E-state index contributed by atoms with van der Waals surface area (Å²) in [7, 11) is 1.55. The molecule has 0 fully saturated rings. The molecule has 31 heavy (non-hydrogen) atoms. The zero-order chi connectivity index (χ0) is 22.5. The van der Waals surface area contributed by atoms with Crippen molar-refractivity contribution in [1.29, 1.82) is 0 Å². The van der Waals surface area contributed by atoms with E-state index < -0.39 is 11.8 Å². The van der Waals surface area contributed by atoms with Crippen LogP contribution in [0.4, 0.5) is 10.1 Å². The number of carbonyl (C=O) groups is 1. The molecule has 0 spiro atoms. The van der Waals surface area contributed by atoms with Crippen LogP contribution in [-0.4, -0.2) is 18.2 Å². The monoisotopic (exact) mass is 507 g/mol. The maximum Gasteiger partial charge on any atom is 0.335 e. The molecule has 0 unspecified atom stereocenters. The molecule has 0 aliphatic rings. The highest BCUT2D eigenvalue weighted by molar-refractivity contribution is 9.10. The van der Waals surface area contributed by atoms with Crippen molar-refractivity contribution in [2.24, 2.45) is 0 Å². The fraction of sp³-hybridized carbons (Fsp3) is 0.174. The van der Waals surface area contributed by atoms with Crippen molar-refractivity contribution in [3.8, 4) is 11.5 Å². The summed E-state index contributed by atoms with van der Waals surface area (Å²) in [6, 6.07) is 12.7. The molecule has 0 aromatic heterocycles. The number of anilines is 1. The van der Waals surface area contributed by atoms with E-state index in [9.17, 15) is 9.18 Å². The van der Waals surface area contributed by atoms with Crippen LogP contribution in [-0.2, 0) is 13.2 Å². The maximum absolute atomic E-state index is 13.2. The summed E-state index contributed by atoms with van der Waals surface area (Å²) in [5, 5.41) is 12.7. The van der Waals surface area contributed by atoms with Gasteiger partial charge in [-0.05, 0) is 60.5 Å². The number of methoxy groups -OCH3 is 1. The average Bonchev–Trinajstić information content (AvgIpc) is 2.73. The van der Waals surface area contributed by atoms with Gasteiger partial charge in [0, 0.05) is 22.3 Å². The highest BCUT2D eigenvalue weighted by Gasteiger charge is 2.13. The predicted octanol–water partition coefficient (Wildman–Crippen LogP) is 6.45. The van der Waals surface area contributed by atoms with E-state index in [-0.39, 0.29) is 12.2 Å². The molecule has 0 saturated carbocycles. The van der Waals surface area contributed by atoms with Crippen LogP contribution in [0.2, 0.25) is 5.02 Å². The van der Waals surface area contributed by atoms with E-state index in [2.05, 4.69) is 21.2 Å². The zero-order valence-electron chi connectivity index (χ0n) is 16.8. The van der Waals surface area contributed by atoms with Gasteiger partial charge in [-0.25, -0.2) is 9.18 Å². The number of aryl methyl sites for hydroxylation is 1. The zero-order valence-corrected chi connectivity index (χ0v) is 19.2. The van der Waals surface area contributed by atoms with Gasteiger partial charge in [-0.2, -0.15) is 0 Å². The van der Waals surface area contributed by atoms with Gasteiger partial charge in [-0.15, -0.1) is 0 Å². The summed E-state index contributed by atoms with van der Waals surface area (Å²) in [4.78, 5) is 11.1. The summed E-state index contributed by atoms with van der Waals surface area (Å²) >= 11 is 9.62. The van der Waals surface area contributed by atoms with Crippen LogP contribution in [0.3, 0.4) is 0 Å². The number of benzene rings is 3. The fourth-order valence-corrected chi connectivity index (χ4v) is 3.65. The lowest BCUT2D eigenvalue weighted by Gasteiger charge is -2.16. The minimum Gasteiger partial charge on any atom is -0.493 e. The van der Waals surface area contributed by atoms with E-state index in [4.69, 9.17) is 26.2 Å². The first kappa shape index (κ1) is 22.9. The highest BCUT2D eigenvalue weighted by atomic mass is 79.9. The summed E-state index contributed by atoms with van der Waals surface area (Å²) in [5.41, 5.74) is 3.49. The third-order valence-electron chi connectivity index (χ3n) is 4.67. The van der Waals surface area contributed by atoms with Crippen molar-refractivity contribution in [3.63, 3.8) is 0 Å². The normalized spacial score (nSPS) is 10.6. The lowest BCUT2D eigenvalue weighted by Crippen LogP contribution is -2.05. The molecule has 3 aromatic carbocycles. The molecule has 0 radical (unpaired) electrons. The van der Waals surface area contributed by atoms with Gasteiger partial charge < -0.3 is 19.9 Å². The smallest absolute Gasteiger partial charge is 0.335 e. The minimum atomic E-state index is -0.959. The summed E-state index contributed by atoms with van der Waals surface area (Å²) in [6.45, 7) is 2.49. The second-order valence-corrected chi connectivity index (χ2v) is 8.07. The fourth-order valence-electron chi connectivity index (χ4n) is 2.96. The quantitative estimate of drug-likeness (QED) is 0.366. The molecule has 2 N–H and O–H groups in total. The first-order valence-electron chi connectivity index (χ1n) is 9.29. The Morgan fingerprint density at radius 3 is 2.55 bits per heavy atom. The minimum absolute atomic E-state index is 0.161. The van der Waals surface area contributed by atoms with Gasteiger partial charge in [-0.3, -0.25) is 0 Å². The number of halogens is 3. The van der Waals surface area contributed by atoms with E-state index in [1.54, 1.807) is 37.4 Å². The summed E-state index contributed by atoms with van der Waals surface area (Å²) in [5.74, 6) is -0.310. The van der Waals surface area contributed by atoms with Gasteiger partial charge in [-0.1, -0.05) is 33.6 Å². The number of ether oxygens (including phenoxy) is 2. The van der Waals surface area contributed by atoms with Crippen LogP contribution in [0.25, 0.3) is 0 Å². The Labute approximate surface area is 192 Å². The SMILES string of the molecule is COc1cc(CNc2ccc(C(=O)O)cc2C)c(Br)cc1OCc1ccc(F)cc1Cl. The van der Waals surface area contributed by atoms with Gasteiger partial charge in [0.2, 0.25) is 0 Å². The maximum atomic E-state index is 13.2. The Balaban J connectivity index is 1.74. The molecule has 3 aromatic rings. The number of hydrogen-bond acceptors (Lipinski definition) is 4. The van der Waals surface area contributed by atoms with E-state index in [0.717, 1.165) is 21.3 Å². The van der Waals surface area contributed by atoms with Crippen LogP contribution < -0.4 is 14.8 Å². The molecule has 0 bridgehead atoms. The van der Waals surface area contributed by atoms with Crippen LogP contribution in [0.15, 0.2) is 53.0 Å². The van der Waals surface area contributed by atoms with Crippen molar-refractivity contribution in [2.45, 2.75) is 20.1 Å². The third-order valence-corrected chi connectivity index (χ3v) is 5.76. The molecular weight excluding hydrogens is 489 g/mol. The second kappa shape index (κ2) is 10.0. The number of rotatable bonds is 8. The molecule has 5 nitrogen and oxygen atoms in total. The second-order valence-electron chi connectivity index (χ2n) is 6.81. The molecule has 0 amide bonds. The van der Waals surface area contributed by atoms with Crippen molar-refractivity contribution >= 4 is 39.2 Å². The Hall–Kier alpha value is -2.77. The largest absolute Gasteiger partial charge is 0.493 e. The standard InChI is InChI=1S/C23H20BrClFNO4/c1-13-7-14(23(28)29)4-6-20(13)27-11-16-8-21(30-2)22(10-18(16)24)31-12-15-3-5-17(26)9-19(15)25/h3-10,27H,11-12H2,1-2H3,(H,28,29). The van der Waals surface area contributed by atoms with Crippen LogP contribution in [0.5, 0.6) is 11.5 Å². The van der Waals surface area contributed by atoms with Gasteiger partial charge in [0.15, 0.2) is 11.5 Å². The molecule has 0 atom stereocenters. The number of carboxylic acids is 1. The Morgan fingerprint density at radius 1 is 1.13 bits per heavy atom. The van der Waals surface area contributed by atoms with Gasteiger partial charge in [0.1, 0.15) is 12.4 Å². The lowest BCUT2D eigenvalue weighted by atomic mass is 10.1. The average molecular weight is 509 g/mol. The van der Waals surface area contributed by atoms with Crippen LogP contribution in [0, 0.1) is 12.7 Å². The molecule has 8 heteroatoms. The number of carboxylic acid groups (broad SMARTS) is 1. The highest BCUT2D eigenvalue weighted by Crippen LogP contribution is 2.35. The number of aromatic carboxylic acids is 1. The van der Waals surface area contributed by atoms with Gasteiger partial charge >= 0.3 is 5.97 Å². The first-order chi connectivity index (χ1) is 14.8. The van der Waals surface area contributed by atoms with Gasteiger partial charge in [0.25, 0.3) is 0 Å². The van der Waals surface area contributed by atoms with E-state index in [0.29, 0.717) is 28.6 Å². The van der Waals surface area contributed by atoms with Crippen molar-refractivity contribution in [3.05, 3.63) is 86.1 Å². The van der Waals surface area contributed by atoms with Gasteiger partial charge in [0.05, 0.1) is 17.7 Å². The topological polar surface area (TPSA) is 67.8 Å². The van der Waals surface area contributed by atoms with E-state index in [1.807, 2.05) is 13.0 Å². The molecule has 0 aliphatic heterocycles. The molecule has 0 heterocycles. The summed E-state index contributed by atoms with van der Waals surface area (Å²) in [6.07, 6.45) is 0. The van der Waals surface area contributed by atoms with Crippen LogP contribution >= 0.6 is 27.5 Å². The Bertz CT molecular complexity index is 1120. The summed E-state index contributed by atoms with van der Waals surface area (Å²) < 4.78 is 25.3. The molecule has 0 saturated heterocycles. The Kier molecular flexibility index (Phi) is 7.41. The van der Waals surface area contributed by atoms with Crippen molar-refractivity contribution in [1.82, 2.24) is 0 Å².